The van der Waals surface area contributed by atoms with Gasteiger partial charge in [0.2, 0.25) is 5.82 Å². The number of Topliss-reactive ketones (excluding diaryl/α,β-unsaturated/α-hetero) is 1. The second-order valence-electron chi connectivity index (χ2n) is 5.53. The van der Waals surface area contributed by atoms with Gasteiger partial charge in [0, 0.05) is 11.8 Å². The van der Waals surface area contributed by atoms with Crippen molar-refractivity contribution < 1.29 is 32.4 Å². The van der Waals surface area contributed by atoms with Gasteiger partial charge in [-0.2, -0.15) is 4.39 Å². The smallest absolute Gasteiger partial charge is 0.322 e. The fourth-order valence-electron chi connectivity index (χ4n) is 2.36. The monoisotopic (exact) mass is 394 g/mol. The Kier molecular flexibility index (Phi) is 6.24. The van der Waals surface area contributed by atoms with Crippen LogP contribution < -0.4 is 0 Å². The van der Waals surface area contributed by atoms with Crippen molar-refractivity contribution in [2.75, 3.05) is 7.11 Å². The lowest BCUT2D eigenvalue weighted by atomic mass is 9.94. The molecule has 10 heteroatoms. The molecule has 0 radical (unpaired) electrons. The molecule has 0 saturated heterocycles. The molecule has 0 fully saturated rings. The quantitative estimate of drug-likeness (QED) is 0.142. The third kappa shape index (κ3) is 3.90. The standard InChI is InChI=1S/C18H13F3N2O5/c1-9-13(19)12(16(23(26)27)15(21)14(9)20)17(24)11(18(25)28-2)8-22-10-6-4-3-5-7-10/h3-8,11H,1-2H3. The minimum Gasteiger partial charge on any atom is -0.468 e. The van der Waals surface area contributed by atoms with Crippen molar-refractivity contribution in [3.8, 4) is 0 Å². The number of methoxy groups -OCH3 is 1. The maximum atomic E-state index is 14.5. The van der Waals surface area contributed by atoms with E-state index in [1.165, 1.54) is 12.1 Å². The first-order valence-corrected chi connectivity index (χ1v) is 7.73. The highest BCUT2D eigenvalue weighted by atomic mass is 19.2. The molecule has 146 valence electrons. The summed E-state index contributed by atoms with van der Waals surface area (Å²) in [6.45, 7) is 0.805. The summed E-state index contributed by atoms with van der Waals surface area (Å²) in [5.74, 6) is -10.1. The Bertz CT molecular complexity index is 977. The molecule has 0 aliphatic carbocycles. The highest BCUT2D eigenvalue weighted by Gasteiger charge is 2.39. The molecule has 28 heavy (non-hydrogen) atoms. The number of ketones is 1. The predicted molar refractivity (Wildman–Crippen MR) is 92.1 cm³/mol. The van der Waals surface area contributed by atoms with Gasteiger partial charge in [0.05, 0.1) is 17.7 Å². The molecular weight excluding hydrogens is 381 g/mol. The molecule has 0 aliphatic heterocycles. The van der Waals surface area contributed by atoms with Gasteiger partial charge in [0.1, 0.15) is 11.4 Å². The van der Waals surface area contributed by atoms with Gasteiger partial charge in [-0.05, 0) is 19.1 Å². The number of ether oxygens (including phenoxy) is 1. The van der Waals surface area contributed by atoms with Crippen molar-refractivity contribution in [2.24, 2.45) is 10.9 Å². The van der Waals surface area contributed by atoms with Gasteiger partial charge in [0.15, 0.2) is 17.5 Å². The number of hydrogen-bond donors (Lipinski definition) is 0. The SMILES string of the molecule is COC(=O)C(C=Nc1ccccc1)C(=O)c1c(F)c(C)c(F)c(F)c1[N+](=O)[O-]. The van der Waals surface area contributed by atoms with Crippen LogP contribution >= 0.6 is 0 Å². The van der Waals surface area contributed by atoms with Crippen molar-refractivity contribution in [1.82, 2.24) is 0 Å². The van der Waals surface area contributed by atoms with Crippen LogP contribution in [0.25, 0.3) is 0 Å². The summed E-state index contributed by atoms with van der Waals surface area (Å²) in [4.78, 5) is 38.3. The fraction of sp³-hybridized carbons (Fsp3) is 0.167. The Morgan fingerprint density at radius 2 is 1.75 bits per heavy atom. The number of hydrogen-bond acceptors (Lipinski definition) is 6. The highest BCUT2D eigenvalue weighted by Crippen LogP contribution is 2.32. The number of carbonyl (C=O) groups is 2. The fourth-order valence-corrected chi connectivity index (χ4v) is 2.36. The normalized spacial score (nSPS) is 12.0. The molecule has 1 atom stereocenters. The van der Waals surface area contributed by atoms with Crippen molar-refractivity contribution in [3.63, 3.8) is 0 Å². The van der Waals surface area contributed by atoms with E-state index in [0.717, 1.165) is 20.2 Å². The molecular formula is C18H13F3N2O5. The first-order valence-electron chi connectivity index (χ1n) is 7.73. The van der Waals surface area contributed by atoms with E-state index in [1.807, 2.05) is 0 Å². The first-order chi connectivity index (χ1) is 13.2. The predicted octanol–water partition coefficient (Wildman–Crippen LogP) is 3.69. The maximum Gasteiger partial charge on any atom is 0.322 e. The van der Waals surface area contributed by atoms with Crippen LogP contribution in [0.15, 0.2) is 35.3 Å². The average Bonchev–Trinajstić information content (AvgIpc) is 2.69. The number of nitro benzene ring substituents is 1. The molecule has 0 heterocycles. The average molecular weight is 394 g/mol. The minimum absolute atomic E-state index is 0.320. The zero-order valence-electron chi connectivity index (χ0n) is 14.6. The number of rotatable bonds is 6. The van der Waals surface area contributed by atoms with Crippen LogP contribution in [-0.2, 0) is 9.53 Å². The number of esters is 1. The Morgan fingerprint density at radius 3 is 2.29 bits per heavy atom. The number of aliphatic imine (C=N–C) groups is 1. The molecule has 2 rings (SSSR count). The van der Waals surface area contributed by atoms with E-state index in [-0.39, 0.29) is 0 Å². The molecule has 0 bridgehead atoms. The Hall–Kier alpha value is -3.56. The lowest BCUT2D eigenvalue weighted by Crippen LogP contribution is -2.29. The number of nitrogens with zero attached hydrogens (tertiary/aromatic N) is 2. The van der Waals surface area contributed by atoms with E-state index in [9.17, 15) is 32.9 Å². The summed E-state index contributed by atoms with van der Waals surface area (Å²) in [6, 6.07) is 7.97. The summed E-state index contributed by atoms with van der Waals surface area (Å²) in [7, 11) is 0.931. The van der Waals surface area contributed by atoms with E-state index in [1.54, 1.807) is 18.2 Å². The molecule has 0 amide bonds. The van der Waals surface area contributed by atoms with E-state index in [2.05, 4.69) is 9.73 Å². The molecule has 0 spiro atoms. The van der Waals surface area contributed by atoms with Crippen molar-refractivity contribution in [2.45, 2.75) is 6.92 Å². The summed E-state index contributed by atoms with van der Waals surface area (Å²) in [5, 5.41) is 11.1. The van der Waals surface area contributed by atoms with Gasteiger partial charge < -0.3 is 4.74 Å². The molecule has 2 aromatic rings. The second-order valence-corrected chi connectivity index (χ2v) is 5.53. The number of halogens is 3. The van der Waals surface area contributed by atoms with Gasteiger partial charge in [-0.15, -0.1) is 0 Å². The lowest BCUT2D eigenvalue weighted by Gasteiger charge is -2.12. The zero-order valence-corrected chi connectivity index (χ0v) is 14.6. The van der Waals surface area contributed by atoms with E-state index >= 15 is 0 Å². The number of para-hydroxylation sites is 1. The van der Waals surface area contributed by atoms with Crippen LogP contribution in [0.1, 0.15) is 15.9 Å². The largest absolute Gasteiger partial charge is 0.468 e. The number of benzene rings is 2. The van der Waals surface area contributed by atoms with E-state index in [4.69, 9.17) is 0 Å². The molecule has 0 saturated carbocycles. The van der Waals surface area contributed by atoms with Crippen LogP contribution in [0.2, 0.25) is 0 Å². The third-order valence-electron chi connectivity index (χ3n) is 3.81. The Labute approximate surface area is 156 Å². The summed E-state index contributed by atoms with van der Waals surface area (Å²) in [6.07, 6.45) is 0.795. The maximum absolute atomic E-state index is 14.5. The summed E-state index contributed by atoms with van der Waals surface area (Å²) < 4.78 is 46.7. The van der Waals surface area contributed by atoms with E-state index in [0.29, 0.717) is 5.69 Å². The topological polar surface area (TPSA) is 98.9 Å². The Balaban J connectivity index is 2.64. The second kappa shape index (κ2) is 8.42. The third-order valence-corrected chi connectivity index (χ3v) is 3.81. The van der Waals surface area contributed by atoms with Crippen molar-refractivity contribution in [3.05, 3.63) is 69.0 Å². The number of carbonyl (C=O) groups excluding carboxylic acids is 2. The van der Waals surface area contributed by atoms with Crippen LogP contribution in [0, 0.1) is 40.4 Å². The van der Waals surface area contributed by atoms with Crippen molar-refractivity contribution in [1.29, 1.82) is 0 Å². The number of nitro groups is 1. The summed E-state index contributed by atoms with van der Waals surface area (Å²) >= 11 is 0. The van der Waals surface area contributed by atoms with Crippen LogP contribution in [-0.4, -0.2) is 30.0 Å². The molecule has 0 aromatic heterocycles. The van der Waals surface area contributed by atoms with E-state index < -0.39 is 56.9 Å². The highest BCUT2D eigenvalue weighted by molar-refractivity contribution is 6.20. The van der Waals surface area contributed by atoms with Gasteiger partial charge in [0.25, 0.3) is 0 Å². The molecule has 7 nitrogen and oxygen atoms in total. The van der Waals surface area contributed by atoms with Crippen LogP contribution in [0.3, 0.4) is 0 Å². The van der Waals surface area contributed by atoms with Gasteiger partial charge in [-0.25, -0.2) is 8.78 Å². The summed E-state index contributed by atoms with van der Waals surface area (Å²) in [5.41, 5.74) is -3.68. The van der Waals surface area contributed by atoms with Gasteiger partial charge in [-0.1, -0.05) is 18.2 Å². The lowest BCUT2D eigenvalue weighted by molar-refractivity contribution is -0.388. The Morgan fingerprint density at radius 1 is 1.14 bits per heavy atom. The molecule has 0 N–H and O–H groups in total. The molecule has 1 unspecified atom stereocenters. The van der Waals surface area contributed by atoms with Crippen molar-refractivity contribution >= 4 is 29.3 Å². The van der Waals surface area contributed by atoms with Gasteiger partial charge >= 0.3 is 11.7 Å². The molecule has 2 aromatic carbocycles. The minimum atomic E-state index is -2.00. The van der Waals surface area contributed by atoms with Crippen LogP contribution in [0.5, 0.6) is 0 Å². The van der Waals surface area contributed by atoms with Gasteiger partial charge in [-0.3, -0.25) is 24.7 Å². The first kappa shape index (κ1) is 20.7. The molecule has 0 aliphatic rings. The van der Waals surface area contributed by atoms with Crippen LogP contribution in [0.4, 0.5) is 24.5 Å². The zero-order chi connectivity index (χ0) is 21.0.